The van der Waals surface area contributed by atoms with Crippen LogP contribution >= 0.6 is 0 Å². The number of nitrogens with one attached hydrogen (secondary N) is 1. The van der Waals surface area contributed by atoms with E-state index in [-0.39, 0.29) is 18.3 Å². The lowest BCUT2D eigenvalue weighted by atomic mass is 10.1. The van der Waals surface area contributed by atoms with Crippen molar-refractivity contribution < 1.29 is 23.4 Å². The quantitative estimate of drug-likeness (QED) is 0.267. The van der Waals surface area contributed by atoms with E-state index in [0.717, 1.165) is 24.3 Å². The minimum atomic E-state index is -0.386. The third kappa shape index (κ3) is 6.39. The number of carbonyl (C=O) groups excluding carboxylic acids is 1. The molecule has 0 saturated carbocycles. The molecular weight excluding hydrogens is 549 g/mol. The molecule has 1 N–H and O–H groups in total. The second-order valence-corrected chi connectivity index (χ2v) is 9.82. The predicted molar refractivity (Wildman–Crippen MR) is 165 cm³/mol. The maximum absolute atomic E-state index is 14.8. The summed E-state index contributed by atoms with van der Waals surface area (Å²) in [5, 5.41) is 3.31. The summed E-state index contributed by atoms with van der Waals surface area (Å²) in [5.74, 6) is 1.28. The van der Waals surface area contributed by atoms with Crippen molar-refractivity contribution in [3.63, 3.8) is 0 Å². The monoisotopic (exact) mass is 585 g/mol. The third-order valence-electron chi connectivity index (χ3n) is 7.33. The minimum Gasteiger partial charge on any atom is -0.497 e. The highest BCUT2D eigenvalue weighted by molar-refractivity contribution is 6.04. The van der Waals surface area contributed by atoms with Crippen LogP contribution in [0.2, 0.25) is 0 Å². The van der Waals surface area contributed by atoms with Crippen LogP contribution in [0.15, 0.2) is 66.9 Å². The summed E-state index contributed by atoms with van der Waals surface area (Å²) in [7, 11) is 3.17. The molecule has 10 heteroatoms. The Balaban J connectivity index is 0.00000180. The fourth-order valence-corrected chi connectivity index (χ4v) is 5.19. The number of hydrogen-bond donors (Lipinski definition) is 1. The van der Waals surface area contributed by atoms with Crippen LogP contribution in [0.25, 0.3) is 11.3 Å². The van der Waals surface area contributed by atoms with Gasteiger partial charge in [-0.25, -0.2) is 14.4 Å². The number of rotatable bonds is 8. The van der Waals surface area contributed by atoms with Crippen LogP contribution in [0, 0.1) is 5.82 Å². The Bertz CT molecular complexity index is 1570. The van der Waals surface area contributed by atoms with Gasteiger partial charge in [0.05, 0.1) is 75.0 Å². The second kappa shape index (κ2) is 13.5. The Morgan fingerprint density at radius 3 is 2.49 bits per heavy atom. The van der Waals surface area contributed by atoms with Gasteiger partial charge in [-0.1, -0.05) is 26.0 Å². The Morgan fingerprint density at radius 2 is 1.79 bits per heavy atom. The normalized spacial score (nSPS) is 14.1. The van der Waals surface area contributed by atoms with E-state index in [0.29, 0.717) is 65.3 Å². The molecule has 1 amide bonds. The zero-order chi connectivity index (χ0) is 30.3. The first-order valence-electron chi connectivity index (χ1n) is 14.4. The van der Waals surface area contributed by atoms with Gasteiger partial charge in [0.15, 0.2) is 0 Å². The largest absolute Gasteiger partial charge is 0.497 e. The first-order chi connectivity index (χ1) is 21.0. The molecule has 224 valence electrons. The number of aromatic nitrogens is 2. The molecule has 9 nitrogen and oxygen atoms in total. The van der Waals surface area contributed by atoms with E-state index >= 15 is 0 Å². The summed E-state index contributed by atoms with van der Waals surface area (Å²) < 4.78 is 31.1. The molecule has 1 fully saturated rings. The van der Waals surface area contributed by atoms with E-state index in [1.807, 2.05) is 38.1 Å². The van der Waals surface area contributed by atoms with Gasteiger partial charge in [0.1, 0.15) is 23.1 Å². The first kappa shape index (κ1) is 29.8. The van der Waals surface area contributed by atoms with Gasteiger partial charge in [0, 0.05) is 30.3 Å². The zero-order valence-electron chi connectivity index (χ0n) is 24.9. The van der Waals surface area contributed by atoms with Crippen molar-refractivity contribution in [1.29, 1.82) is 0 Å². The van der Waals surface area contributed by atoms with Crippen LogP contribution in [0.4, 0.5) is 21.6 Å². The minimum absolute atomic E-state index is 0.183. The SMILES string of the molecule is CC.COc1ccc(CN2Cc3nc(-c4ccccc4F)cc(Nc4ccc(N5CCOCC5)cn4)c3C2=O)c(OC)c1. The summed E-state index contributed by atoms with van der Waals surface area (Å²) in [6.07, 6.45) is 1.80. The molecule has 2 aliphatic heterocycles. The lowest BCUT2D eigenvalue weighted by molar-refractivity contribution is 0.0766. The van der Waals surface area contributed by atoms with Gasteiger partial charge in [0.25, 0.3) is 5.91 Å². The lowest BCUT2D eigenvalue weighted by Gasteiger charge is -2.28. The molecule has 0 atom stereocenters. The number of halogens is 1. The van der Waals surface area contributed by atoms with Gasteiger partial charge in [-0.3, -0.25) is 4.79 Å². The Hall–Kier alpha value is -4.70. The third-order valence-corrected chi connectivity index (χ3v) is 7.33. The molecule has 6 rings (SSSR count). The molecule has 4 aromatic rings. The number of pyridine rings is 2. The highest BCUT2D eigenvalue weighted by Gasteiger charge is 2.33. The molecule has 4 heterocycles. The fourth-order valence-electron chi connectivity index (χ4n) is 5.19. The number of hydrogen-bond acceptors (Lipinski definition) is 8. The van der Waals surface area contributed by atoms with E-state index in [1.165, 1.54) is 6.07 Å². The number of nitrogens with zero attached hydrogens (tertiary/aromatic N) is 4. The molecule has 2 aliphatic rings. The van der Waals surface area contributed by atoms with Crippen molar-refractivity contribution in [3.05, 3.63) is 89.5 Å². The summed E-state index contributed by atoms with van der Waals surface area (Å²) in [6.45, 7) is 7.56. The van der Waals surface area contributed by atoms with Crippen LogP contribution < -0.4 is 19.7 Å². The fraction of sp³-hybridized carbons (Fsp3) is 0.303. The van der Waals surface area contributed by atoms with Crippen LogP contribution in [-0.4, -0.2) is 61.3 Å². The topological polar surface area (TPSA) is 89.0 Å². The number of benzene rings is 2. The van der Waals surface area contributed by atoms with Crippen molar-refractivity contribution in [2.75, 3.05) is 50.7 Å². The highest BCUT2D eigenvalue weighted by atomic mass is 19.1. The van der Waals surface area contributed by atoms with Crippen LogP contribution in [-0.2, 0) is 17.8 Å². The number of morpholine rings is 1. The summed E-state index contributed by atoms with van der Waals surface area (Å²) in [4.78, 5) is 27.0. The number of fused-ring (bicyclic) bond motifs is 1. The van der Waals surface area contributed by atoms with E-state index < -0.39 is 0 Å². The molecule has 0 radical (unpaired) electrons. The van der Waals surface area contributed by atoms with Crippen molar-refractivity contribution in [1.82, 2.24) is 14.9 Å². The number of methoxy groups -OCH3 is 2. The molecule has 0 bridgehead atoms. The number of anilines is 3. The van der Waals surface area contributed by atoms with Crippen molar-refractivity contribution in [2.45, 2.75) is 26.9 Å². The van der Waals surface area contributed by atoms with Crippen molar-refractivity contribution in [3.8, 4) is 22.8 Å². The maximum Gasteiger partial charge on any atom is 0.258 e. The Kier molecular flexibility index (Phi) is 9.36. The van der Waals surface area contributed by atoms with Gasteiger partial charge in [-0.15, -0.1) is 0 Å². The smallest absolute Gasteiger partial charge is 0.258 e. The summed E-state index contributed by atoms with van der Waals surface area (Å²) in [6, 6.07) is 17.6. The van der Waals surface area contributed by atoms with E-state index in [4.69, 9.17) is 19.2 Å². The standard InChI is InChI=1S/C31H30FN5O4.C2H6/c1-39-22-9-7-20(28(15-22)40-2)18-37-19-27-30(31(37)38)26(16-25(34-27)23-5-3-4-6-24(23)32)35-29-10-8-21(17-33-29)36-11-13-41-14-12-36;1-2/h3-10,15-17H,11-14,18-19H2,1-2H3,(H,33,34,35);1-2H3. The number of ether oxygens (including phenoxy) is 3. The highest BCUT2D eigenvalue weighted by Crippen LogP contribution is 2.36. The molecule has 0 unspecified atom stereocenters. The van der Waals surface area contributed by atoms with Crippen LogP contribution in [0.5, 0.6) is 11.5 Å². The van der Waals surface area contributed by atoms with E-state index in [1.54, 1.807) is 55.6 Å². The number of carbonyl (C=O) groups is 1. The summed E-state index contributed by atoms with van der Waals surface area (Å²) >= 11 is 0. The predicted octanol–water partition coefficient (Wildman–Crippen LogP) is 6.06. The van der Waals surface area contributed by atoms with Crippen LogP contribution in [0.3, 0.4) is 0 Å². The molecule has 2 aromatic carbocycles. The van der Waals surface area contributed by atoms with E-state index in [9.17, 15) is 9.18 Å². The van der Waals surface area contributed by atoms with Gasteiger partial charge >= 0.3 is 0 Å². The average Bonchev–Trinajstić information content (AvgIpc) is 3.37. The average molecular weight is 586 g/mol. The Labute approximate surface area is 251 Å². The molecule has 1 saturated heterocycles. The second-order valence-electron chi connectivity index (χ2n) is 9.82. The summed E-state index contributed by atoms with van der Waals surface area (Å²) in [5.41, 5.74) is 4.16. The molecule has 0 aliphatic carbocycles. The molecular formula is C33H36FN5O4. The lowest BCUT2D eigenvalue weighted by Crippen LogP contribution is -2.36. The zero-order valence-corrected chi connectivity index (χ0v) is 24.9. The Morgan fingerprint density at radius 1 is 1.00 bits per heavy atom. The van der Waals surface area contributed by atoms with Crippen LogP contribution in [0.1, 0.15) is 35.5 Å². The van der Waals surface area contributed by atoms with Gasteiger partial charge in [-0.05, 0) is 42.5 Å². The van der Waals surface area contributed by atoms with E-state index in [2.05, 4.69) is 15.2 Å². The maximum atomic E-state index is 14.8. The molecule has 0 spiro atoms. The van der Waals surface area contributed by atoms with Crippen molar-refractivity contribution in [2.24, 2.45) is 0 Å². The van der Waals surface area contributed by atoms with Gasteiger partial charge < -0.3 is 29.3 Å². The number of amides is 1. The van der Waals surface area contributed by atoms with Crippen molar-refractivity contribution >= 4 is 23.1 Å². The van der Waals surface area contributed by atoms with Gasteiger partial charge in [0.2, 0.25) is 0 Å². The molecule has 43 heavy (non-hydrogen) atoms. The molecule has 2 aromatic heterocycles. The first-order valence-corrected chi connectivity index (χ1v) is 14.4. The van der Waals surface area contributed by atoms with Gasteiger partial charge in [-0.2, -0.15) is 0 Å².